The van der Waals surface area contributed by atoms with Crippen molar-refractivity contribution < 1.29 is 9.90 Å². The van der Waals surface area contributed by atoms with Gasteiger partial charge >= 0.3 is 35.5 Å². The third kappa shape index (κ3) is 3.10. The van der Waals surface area contributed by atoms with E-state index in [-0.39, 0.29) is 40.9 Å². The average molecular weight is 184 g/mol. The molecule has 0 aliphatic rings. The van der Waals surface area contributed by atoms with Gasteiger partial charge in [0.1, 0.15) is 6.54 Å². The molecular formula is C3H5N4NaO2S. The number of hydrogen-bond acceptors (Lipinski definition) is 4. The van der Waals surface area contributed by atoms with Crippen molar-refractivity contribution in [3.63, 3.8) is 0 Å². The van der Waals surface area contributed by atoms with Crippen LogP contribution in [-0.4, -0.2) is 60.8 Å². The van der Waals surface area contributed by atoms with Crippen LogP contribution in [0.3, 0.4) is 0 Å². The molecule has 0 fully saturated rings. The van der Waals surface area contributed by atoms with E-state index in [9.17, 15) is 4.79 Å². The van der Waals surface area contributed by atoms with Gasteiger partial charge in [0.15, 0.2) is 0 Å². The monoisotopic (exact) mass is 184 g/mol. The van der Waals surface area contributed by atoms with Crippen LogP contribution in [0.4, 0.5) is 0 Å². The molecular weight excluding hydrogens is 179 g/mol. The van der Waals surface area contributed by atoms with Crippen LogP contribution in [0.5, 0.6) is 0 Å². The second-order valence-corrected chi connectivity index (χ2v) is 1.93. The summed E-state index contributed by atoms with van der Waals surface area (Å²) in [7, 11) is 0. The number of carboxylic acid groups (broad SMARTS) is 1. The summed E-state index contributed by atoms with van der Waals surface area (Å²) in [5.74, 6) is -0.984. The third-order valence-corrected chi connectivity index (χ3v) is 1.13. The van der Waals surface area contributed by atoms with Crippen molar-refractivity contribution in [3.8, 4) is 0 Å². The van der Waals surface area contributed by atoms with Crippen molar-refractivity contribution >= 4 is 47.7 Å². The molecule has 0 aromatic carbocycles. The molecule has 0 atom stereocenters. The van der Waals surface area contributed by atoms with Gasteiger partial charge in [0.25, 0.3) is 0 Å². The van der Waals surface area contributed by atoms with Crippen LogP contribution in [0.2, 0.25) is 0 Å². The maximum atomic E-state index is 10.1. The van der Waals surface area contributed by atoms with E-state index >= 15 is 0 Å². The molecule has 0 saturated carbocycles. The second-order valence-electron chi connectivity index (χ2n) is 1.56. The molecule has 0 aliphatic carbocycles. The molecule has 1 aromatic rings. The number of carbonyl (C=O) groups is 1. The fraction of sp³-hybridized carbons (Fsp3) is 0.333. The summed E-state index contributed by atoms with van der Waals surface area (Å²) in [6.45, 7) is -0.230. The normalized spacial score (nSPS) is 8.73. The number of rotatable bonds is 2. The first-order valence-electron chi connectivity index (χ1n) is 2.40. The van der Waals surface area contributed by atoms with E-state index in [1.165, 1.54) is 0 Å². The molecule has 6 nitrogen and oxygen atoms in total. The molecule has 56 valence electrons. The van der Waals surface area contributed by atoms with Gasteiger partial charge in [-0.05, 0) is 12.2 Å². The Morgan fingerprint density at radius 2 is 2.45 bits per heavy atom. The summed E-state index contributed by atoms with van der Waals surface area (Å²) in [6, 6.07) is 0. The molecule has 0 unspecified atom stereocenters. The standard InChI is InChI=1S/C3H4N4O2S.Na.H/c8-2(9)1-7-3(10)4-5-6-7;;/h1H2,(H,8,9)(H,4,6,10);;. The number of aliphatic carboxylic acids is 1. The molecule has 0 saturated heterocycles. The van der Waals surface area contributed by atoms with Gasteiger partial charge in [-0.2, -0.15) is 5.21 Å². The number of carboxylic acids is 1. The molecule has 0 spiro atoms. The van der Waals surface area contributed by atoms with Crippen LogP contribution in [0.1, 0.15) is 0 Å². The topological polar surface area (TPSA) is 83.8 Å². The van der Waals surface area contributed by atoms with E-state index in [0.29, 0.717) is 0 Å². The van der Waals surface area contributed by atoms with Crippen LogP contribution in [0.25, 0.3) is 0 Å². The zero-order chi connectivity index (χ0) is 7.56. The Morgan fingerprint density at radius 3 is 2.82 bits per heavy atom. The summed E-state index contributed by atoms with van der Waals surface area (Å²) in [5, 5.41) is 17.2. The summed E-state index contributed by atoms with van der Waals surface area (Å²) >= 11 is 4.60. The summed E-state index contributed by atoms with van der Waals surface area (Å²) in [6.07, 6.45) is 0. The number of tetrazole rings is 1. The maximum absolute atomic E-state index is 10.1. The number of aromatic amines is 1. The zero-order valence-corrected chi connectivity index (χ0v) is 5.63. The number of hydrogen-bond donors (Lipinski definition) is 2. The van der Waals surface area contributed by atoms with Crippen LogP contribution >= 0.6 is 12.2 Å². The fourth-order valence-electron chi connectivity index (χ4n) is 0.454. The Labute approximate surface area is 88.9 Å². The summed E-state index contributed by atoms with van der Waals surface area (Å²) in [4.78, 5) is 10.1. The zero-order valence-electron chi connectivity index (χ0n) is 4.81. The molecule has 2 N–H and O–H groups in total. The van der Waals surface area contributed by atoms with E-state index < -0.39 is 5.97 Å². The Morgan fingerprint density at radius 1 is 1.82 bits per heavy atom. The van der Waals surface area contributed by atoms with E-state index in [4.69, 9.17) is 5.11 Å². The number of nitrogens with zero attached hydrogens (tertiary/aromatic N) is 3. The van der Waals surface area contributed by atoms with Gasteiger partial charge in [0.05, 0.1) is 0 Å². The molecule has 0 bridgehead atoms. The second kappa shape index (κ2) is 4.60. The van der Waals surface area contributed by atoms with Gasteiger partial charge in [0, 0.05) is 0 Å². The van der Waals surface area contributed by atoms with Crippen LogP contribution in [-0.2, 0) is 11.3 Å². The quantitative estimate of drug-likeness (QED) is 0.444. The van der Waals surface area contributed by atoms with Crippen molar-refractivity contribution in [1.29, 1.82) is 0 Å². The van der Waals surface area contributed by atoms with E-state index in [0.717, 1.165) is 4.68 Å². The molecule has 11 heavy (non-hydrogen) atoms. The first-order chi connectivity index (χ1) is 4.70. The molecule has 0 radical (unpaired) electrons. The minimum absolute atomic E-state index is 0. The van der Waals surface area contributed by atoms with Crippen molar-refractivity contribution in [1.82, 2.24) is 20.2 Å². The predicted octanol–water partition coefficient (Wildman–Crippen LogP) is -1.23. The van der Waals surface area contributed by atoms with Crippen molar-refractivity contribution in [2.45, 2.75) is 6.54 Å². The van der Waals surface area contributed by atoms with Gasteiger partial charge in [-0.1, -0.05) is 10.3 Å². The molecule has 8 heteroatoms. The van der Waals surface area contributed by atoms with Crippen molar-refractivity contribution in [2.24, 2.45) is 0 Å². The number of H-pyrrole nitrogens is 1. The summed E-state index contributed by atoms with van der Waals surface area (Å²) in [5.41, 5.74) is 0. The first-order valence-corrected chi connectivity index (χ1v) is 2.80. The van der Waals surface area contributed by atoms with Gasteiger partial charge in [-0.3, -0.25) is 4.79 Å². The van der Waals surface area contributed by atoms with Crippen LogP contribution < -0.4 is 0 Å². The number of nitrogens with one attached hydrogen (secondary N) is 1. The Kier molecular flexibility index (Phi) is 4.50. The van der Waals surface area contributed by atoms with Gasteiger partial charge in [-0.15, -0.1) is 0 Å². The Hall–Kier alpha value is -0.240. The molecule has 1 heterocycles. The fourth-order valence-corrected chi connectivity index (χ4v) is 0.600. The van der Waals surface area contributed by atoms with Gasteiger partial charge in [0.2, 0.25) is 4.77 Å². The van der Waals surface area contributed by atoms with E-state index in [1.807, 2.05) is 0 Å². The number of aromatic nitrogens is 4. The Bertz CT molecular complexity index is 294. The van der Waals surface area contributed by atoms with Crippen LogP contribution in [0, 0.1) is 4.77 Å². The van der Waals surface area contributed by atoms with Gasteiger partial charge in [-0.25, -0.2) is 4.68 Å². The Balaban J connectivity index is 0.000001000. The van der Waals surface area contributed by atoms with E-state index in [2.05, 4.69) is 27.7 Å². The SMILES string of the molecule is O=C(O)Cn1[nH]nnc1=S.[NaH]. The summed E-state index contributed by atoms with van der Waals surface area (Å²) < 4.78 is 1.29. The predicted molar refractivity (Wildman–Crippen MR) is 40.0 cm³/mol. The first kappa shape index (κ1) is 10.8. The minimum atomic E-state index is -0.984. The average Bonchev–Trinajstić information content (AvgIpc) is 2.15. The van der Waals surface area contributed by atoms with Crippen molar-refractivity contribution in [3.05, 3.63) is 4.77 Å². The van der Waals surface area contributed by atoms with Crippen LogP contribution in [0.15, 0.2) is 0 Å². The molecule has 1 rings (SSSR count). The van der Waals surface area contributed by atoms with Gasteiger partial charge < -0.3 is 5.11 Å². The molecule has 1 aromatic heterocycles. The molecule has 0 amide bonds. The van der Waals surface area contributed by atoms with E-state index in [1.54, 1.807) is 0 Å². The molecule has 0 aliphatic heterocycles. The van der Waals surface area contributed by atoms with Crippen molar-refractivity contribution in [2.75, 3.05) is 0 Å². The third-order valence-electron chi connectivity index (χ3n) is 0.825.